The van der Waals surface area contributed by atoms with Crippen molar-refractivity contribution in [3.63, 3.8) is 0 Å². The number of likely N-dealkylation sites (N-methyl/N-ethyl adjacent to an activating group) is 1. The second-order valence-corrected chi connectivity index (χ2v) is 8.06. The summed E-state index contributed by atoms with van der Waals surface area (Å²) in [4.78, 5) is 44.1. The molecule has 1 aromatic carbocycles. The van der Waals surface area contributed by atoms with Crippen LogP contribution in [0.2, 0.25) is 0 Å². The van der Waals surface area contributed by atoms with Crippen molar-refractivity contribution in [2.75, 3.05) is 49.5 Å². The van der Waals surface area contributed by atoms with E-state index in [4.69, 9.17) is 0 Å². The number of rotatable bonds is 6. The number of anilines is 2. The van der Waals surface area contributed by atoms with E-state index in [-0.39, 0.29) is 29.3 Å². The average molecular weight is 411 g/mol. The van der Waals surface area contributed by atoms with Crippen molar-refractivity contribution in [2.45, 2.75) is 11.8 Å². The Kier molecular flexibility index (Phi) is 7.69. The molecule has 0 saturated carbocycles. The molecular weight excluding hydrogens is 388 g/mol. The number of aliphatic imine (C=N–C) groups is 1. The number of benzene rings is 1. The molecular formula is C17H22N4O4S2. The van der Waals surface area contributed by atoms with Crippen LogP contribution in [0.5, 0.6) is 0 Å². The van der Waals surface area contributed by atoms with Gasteiger partial charge in [0.15, 0.2) is 5.17 Å². The lowest BCUT2D eigenvalue weighted by atomic mass is 10.2. The summed E-state index contributed by atoms with van der Waals surface area (Å²) in [7, 11) is 4.82. The molecule has 0 unspecified atom stereocenters. The molecule has 0 radical (unpaired) electrons. The van der Waals surface area contributed by atoms with E-state index in [1.807, 2.05) is 19.1 Å². The predicted molar refractivity (Wildman–Crippen MR) is 110 cm³/mol. The van der Waals surface area contributed by atoms with E-state index in [9.17, 15) is 14.4 Å². The third kappa shape index (κ3) is 5.72. The molecule has 1 heterocycles. The van der Waals surface area contributed by atoms with Crippen LogP contribution in [-0.2, 0) is 14.3 Å². The highest BCUT2D eigenvalue weighted by Gasteiger charge is 2.32. The molecule has 1 fully saturated rings. The fraction of sp³-hybridized carbons (Fsp3) is 0.412. The van der Waals surface area contributed by atoms with Gasteiger partial charge in [0.25, 0.3) is 0 Å². The molecule has 0 atom stereocenters. The van der Waals surface area contributed by atoms with E-state index in [0.717, 1.165) is 22.4 Å². The van der Waals surface area contributed by atoms with E-state index < -0.39 is 6.09 Å². The van der Waals surface area contributed by atoms with Crippen LogP contribution in [0.4, 0.5) is 16.2 Å². The first kappa shape index (κ1) is 21.3. The molecule has 10 heteroatoms. The van der Waals surface area contributed by atoms with Gasteiger partial charge in [0.1, 0.15) is 0 Å². The van der Waals surface area contributed by atoms with Crippen molar-refractivity contribution >= 4 is 58.0 Å². The van der Waals surface area contributed by atoms with Crippen molar-refractivity contribution in [3.05, 3.63) is 18.2 Å². The molecule has 0 aliphatic carbocycles. The molecule has 146 valence electrons. The van der Waals surface area contributed by atoms with Gasteiger partial charge >= 0.3 is 6.09 Å². The fourth-order valence-corrected chi connectivity index (χ4v) is 3.90. The summed E-state index contributed by atoms with van der Waals surface area (Å²) in [5.41, 5.74) is 0.967. The third-order valence-electron chi connectivity index (χ3n) is 3.38. The van der Waals surface area contributed by atoms with Crippen LogP contribution < -0.4 is 10.2 Å². The normalized spacial score (nSPS) is 15.5. The van der Waals surface area contributed by atoms with E-state index >= 15 is 0 Å². The highest BCUT2D eigenvalue weighted by molar-refractivity contribution is 8.15. The Morgan fingerprint density at radius 3 is 2.78 bits per heavy atom. The number of nitrogens with zero attached hydrogens (tertiary/aromatic N) is 3. The van der Waals surface area contributed by atoms with E-state index in [0.29, 0.717) is 11.4 Å². The number of methoxy groups -OCH3 is 1. The summed E-state index contributed by atoms with van der Waals surface area (Å²) in [6, 6.07) is 5.44. The van der Waals surface area contributed by atoms with Gasteiger partial charge in [-0.1, -0.05) is 18.7 Å². The van der Waals surface area contributed by atoms with Crippen LogP contribution in [0.1, 0.15) is 6.92 Å². The quantitative estimate of drug-likeness (QED) is 0.721. The van der Waals surface area contributed by atoms with E-state index in [1.165, 1.54) is 12.0 Å². The molecule has 3 amide bonds. The Bertz CT molecular complexity index is 767. The molecule has 1 aliphatic heterocycles. The lowest BCUT2D eigenvalue weighted by Crippen LogP contribution is -2.32. The molecule has 1 aliphatic rings. The summed E-state index contributed by atoms with van der Waals surface area (Å²) < 4.78 is 4.56. The van der Waals surface area contributed by atoms with Crippen molar-refractivity contribution in [1.82, 2.24) is 4.90 Å². The van der Waals surface area contributed by atoms with Crippen molar-refractivity contribution in [1.29, 1.82) is 0 Å². The topological polar surface area (TPSA) is 91.3 Å². The minimum atomic E-state index is -0.784. The predicted octanol–water partition coefficient (Wildman–Crippen LogP) is 2.50. The van der Waals surface area contributed by atoms with Crippen molar-refractivity contribution in [2.24, 2.45) is 4.99 Å². The summed E-state index contributed by atoms with van der Waals surface area (Å²) in [6.07, 6.45) is -0.784. The number of ether oxygens (including phenoxy) is 1. The maximum Gasteiger partial charge on any atom is 0.435 e. The SMILES string of the molecule is CCSc1ccc(N2C(=O)CS/C2=N\C(=O)OC)c(NC(=O)CN(C)C)c1. The Morgan fingerprint density at radius 1 is 1.41 bits per heavy atom. The smallest absolute Gasteiger partial charge is 0.435 e. The van der Waals surface area contributed by atoms with Gasteiger partial charge in [-0.15, -0.1) is 11.8 Å². The molecule has 0 spiro atoms. The van der Waals surface area contributed by atoms with Crippen molar-refractivity contribution in [3.8, 4) is 0 Å². The Labute approximate surface area is 166 Å². The first-order valence-electron chi connectivity index (χ1n) is 8.19. The zero-order chi connectivity index (χ0) is 20.0. The van der Waals surface area contributed by atoms with Crippen LogP contribution in [0.15, 0.2) is 28.1 Å². The van der Waals surface area contributed by atoms with Gasteiger partial charge in [-0.2, -0.15) is 4.99 Å². The minimum absolute atomic E-state index is 0.159. The Balaban J connectivity index is 2.43. The minimum Gasteiger partial charge on any atom is -0.451 e. The standard InChI is InChI=1S/C17H22N4O4S2/c1-5-26-11-6-7-13(12(8-11)18-14(22)9-20(2)3)21-15(23)10-27-16(21)19-17(24)25-4/h6-8H,5,9-10H2,1-4H3,(H,18,22)/b19-16-. The Morgan fingerprint density at radius 2 is 2.15 bits per heavy atom. The van der Waals surface area contributed by atoms with Gasteiger partial charge < -0.3 is 15.0 Å². The second-order valence-electron chi connectivity index (χ2n) is 5.78. The number of amides is 3. The number of carbonyl (C=O) groups is 3. The Hall–Kier alpha value is -2.04. The number of hydrogen-bond donors (Lipinski definition) is 1. The lowest BCUT2D eigenvalue weighted by molar-refractivity contribution is -0.117. The number of carbonyl (C=O) groups excluding carboxylic acids is 3. The molecule has 1 aromatic rings. The van der Waals surface area contributed by atoms with Crippen LogP contribution in [0, 0.1) is 0 Å². The molecule has 1 N–H and O–H groups in total. The summed E-state index contributed by atoms with van der Waals surface area (Å²) in [6.45, 7) is 2.24. The van der Waals surface area contributed by atoms with Gasteiger partial charge in [0, 0.05) is 4.90 Å². The molecule has 1 saturated heterocycles. The number of thioether (sulfide) groups is 2. The van der Waals surface area contributed by atoms with Gasteiger partial charge in [0.05, 0.1) is 30.8 Å². The van der Waals surface area contributed by atoms with Gasteiger partial charge in [-0.05, 0) is 38.0 Å². The maximum atomic E-state index is 12.4. The zero-order valence-electron chi connectivity index (χ0n) is 15.6. The van der Waals surface area contributed by atoms with Crippen LogP contribution in [-0.4, -0.2) is 67.2 Å². The monoisotopic (exact) mass is 410 g/mol. The first-order valence-corrected chi connectivity index (χ1v) is 10.2. The number of hydrogen-bond acceptors (Lipinski definition) is 7. The molecule has 27 heavy (non-hydrogen) atoms. The molecule has 0 bridgehead atoms. The zero-order valence-corrected chi connectivity index (χ0v) is 17.3. The van der Waals surface area contributed by atoms with Gasteiger partial charge in [0.2, 0.25) is 11.8 Å². The lowest BCUT2D eigenvalue weighted by Gasteiger charge is -2.21. The van der Waals surface area contributed by atoms with Crippen molar-refractivity contribution < 1.29 is 19.1 Å². The summed E-state index contributed by atoms with van der Waals surface area (Å²) >= 11 is 2.77. The maximum absolute atomic E-state index is 12.4. The number of amidine groups is 1. The average Bonchev–Trinajstić information content (AvgIpc) is 2.95. The van der Waals surface area contributed by atoms with Crippen LogP contribution in [0.3, 0.4) is 0 Å². The van der Waals surface area contributed by atoms with Gasteiger partial charge in [-0.3, -0.25) is 14.5 Å². The highest BCUT2D eigenvalue weighted by atomic mass is 32.2. The highest BCUT2D eigenvalue weighted by Crippen LogP contribution is 2.35. The van der Waals surface area contributed by atoms with Crippen LogP contribution in [0.25, 0.3) is 0 Å². The second kappa shape index (κ2) is 9.77. The summed E-state index contributed by atoms with van der Waals surface area (Å²) in [5.74, 6) is 0.608. The summed E-state index contributed by atoms with van der Waals surface area (Å²) in [5, 5.41) is 3.09. The molecule has 8 nitrogen and oxygen atoms in total. The molecule has 0 aromatic heterocycles. The third-order valence-corrected chi connectivity index (χ3v) is 5.18. The van der Waals surface area contributed by atoms with E-state index in [1.54, 1.807) is 36.8 Å². The van der Waals surface area contributed by atoms with Gasteiger partial charge in [-0.25, -0.2) is 4.79 Å². The number of nitrogens with one attached hydrogen (secondary N) is 1. The van der Waals surface area contributed by atoms with Crippen LogP contribution >= 0.6 is 23.5 Å². The largest absolute Gasteiger partial charge is 0.451 e. The molecule has 2 rings (SSSR count). The first-order chi connectivity index (χ1) is 12.8. The fourth-order valence-electron chi connectivity index (χ4n) is 2.35. The van der Waals surface area contributed by atoms with E-state index in [2.05, 4.69) is 15.0 Å².